The summed E-state index contributed by atoms with van der Waals surface area (Å²) in [5, 5.41) is 0. The van der Waals surface area contributed by atoms with Gasteiger partial charge in [-0.2, -0.15) is 0 Å². The molecule has 0 aromatic heterocycles. The van der Waals surface area contributed by atoms with E-state index in [0.717, 1.165) is 0 Å². The molecule has 0 unspecified atom stereocenters. The van der Waals surface area contributed by atoms with E-state index >= 15 is 0 Å². The molecule has 2 aromatic rings. The second-order valence-corrected chi connectivity index (χ2v) is 4.91. The number of hydrogen-bond acceptors (Lipinski definition) is 4. The van der Waals surface area contributed by atoms with Crippen LogP contribution in [-0.4, -0.2) is 17.5 Å². The maximum Gasteiger partial charge on any atom is 0.221 e. The third kappa shape index (κ3) is 1.90. The van der Waals surface area contributed by atoms with Crippen LogP contribution in [0, 0.1) is 0 Å². The molecular formula is C16H12N2O3. The number of amides is 1. The number of benzene rings is 2. The first kappa shape index (κ1) is 13.1. The summed E-state index contributed by atoms with van der Waals surface area (Å²) in [5.41, 5.74) is 12.9. The van der Waals surface area contributed by atoms with Crippen LogP contribution in [0.1, 0.15) is 37.4 Å². The van der Waals surface area contributed by atoms with Crippen LogP contribution in [0.5, 0.6) is 0 Å². The van der Waals surface area contributed by atoms with Crippen LogP contribution in [0.2, 0.25) is 0 Å². The van der Waals surface area contributed by atoms with Crippen molar-refractivity contribution in [1.29, 1.82) is 0 Å². The number of ketones is 2. The van der Waals surface area contributed by atoms with Gasteiger partial charge in [0.1, 0.15) is 0 Å². The van der Waals surface area contributed by atoms with E-state index in [2.05, 4.69) is 0 Å². The topological polar surface area (TPSA) is 103 Å². The Bertz CT molecular complexity index is 809. The number of hydrogen-bond donors (Lipinski definition) is 2. The average Bonchev–Trinajstić information content (AvgIpc) is 2.46. The second-order valence-electron chi connectivity index (χ2n) is 4.91. The Morgan fingerprint density at radius 3 is 2.14 bits per heavy atom. The summed E-state index contributed by atoms with van der Waals surface area (Å²) < 4.78 is 0. The lowest BCUT2D eigenvalue weighted by Crippen LogP contribution is -2.24. The molecule has 1 aliphatic carbocycles. The van der Waals surface area contributed by atoms with Gasteiger partial charge >= 0.3 is 0 Å². The minimum atomic E-state index is -0.545. The van der Waals surface area contributed by atoms with E-state index < -0.39 is 5.91 Å². The highest BCUT2D eigenvalue weighted by Gasteiger charge is 2.31. The molecule has 2 aromatic carbocycles. The molecule has 1 amide bonds. The quantitative estimate of drug-likeness (QED) is 0.685. The molecule has 4 N–H and O–H groups in total. The van der Waals surface area contributed by atoms with Gasteiger partial charge in [-0.1, -0.05) is 30.3 Å². The van der Waals surface area contributed by atoms with E-state index in [1.807, 2.05) is 0 Å². The lowest BCUT2D eigenvalue weighted by Gasteiger charge is -2.20. The van der Waals surface area contributed by atoms with E-state index in [0.29, 0.717) is 16.7 Å². The van der Waals surface area contributed by atoms with Crippen molar-refractivity contribution in [2.75, 3.05) is 5.73 Å². The molecule has 1 aliphatic rings. The van der Waals surface area contributed by atoms with Crippen LogP contribution in [-0.2, 0) is 11.2 Å². The highest BCUT2D eigenvalue weighted by Crippen LogP contribution is 2.32. The van der Waals surface area contributed by atoms with Crippen LogP contribution in [0.15, 0.2) is 36.4 Å². The zero-order chi connectivity index (χ0) is 15.1. The Kier molecular flexibility index (Phi) is 2.83. The minimum absolute atomic E-state index is 0.0672. The molecular weight excluding hydrogens is 268 g/mol. The number of nitrogens with two attached hydrogens (primary N) is 2. The average molecular weight is 280 g/mol. The zero-order valence-electron chi connectivity index (χ0n) is 11.1. The molecule has 0 spiro atoms. The monoisotopic (exact) mass is 280 g/mol. The van der Waals surface area contributed by atoms with E-state index in [9.17, 15) is 14.4 Å². The number of anilines is 1. The van der Waals surface area contributed by atoms with Crippen molar-refractivity contribution in [1.82, 2.24) is 0 Å². The molecule has 0 saturated heterocycles. The van der Waals surface area contributed by atoms with Gasteiger partial charge in [-0.25, -0.2) is 0 Å². The van der Waals surface area contributed by atoms with Crippen molar-refractivity contribution in [3.05, 3.63) is 64.2 Å². The molecule has 3 rings (SSSR count). The van der Waals surface area contributed by atoms with E-state index in [4.69, 9.17) is 11.5 Å². The molecule has 0 fully saturated rings. The Hall–Kier alpha value is -2.95. The molecule has 5 nitrogen and oxygen atoms in total. The maximum atomic E-state index is 12.6. The number of carbonyl (C=O) groups is 3. The lowest BCUT2D eigenvalue weighted by molar-refractivity contribution is -0.117. The molecule has 0 bridgehead atoms. The Morgan fingerprint density at radius 2 is 1.52 bits per heavy atom. The Labute approximate surface area is 120 Å². The van der Waals surface area contributed by atoms with Crippen molar-refractivity contribution in [3.63, 3.8) is 0 Å². The van der Waals surface area contributed by atoms with Crippen molar-refractivity contribution in [2.24, 2.45) is 5.73 Å². The van der Waals surface area contributed by atoms with Crippen molar-refractivity contribution in [2.45, 2.75) is 6.42 Å². The van der Waals surface area contributed by atoms with Crippen LogP contribution in [0.4, 0.5) is 5.69 Å². The summed E-state index contributed by atoms with van der Waals surface area (Å²) in [7, 11) is 0. The molecule has 0 saturated carbocycles. The summed E-state index contributed by atoms with van der Waals surface area (Å²) in [4.78, 5) is 36.1. The first-order chi connectivity index (χ1) is 10.0. The Balaban J connectivity index is 2.24. The minimum Gasteiger partial charge on any atom is -0.398 e. The molecule has 5 heteroatoms. The van der Waals surface area contributed by atoms with Gasteiger partial charge in [0.15, 0.2) is 11.6 Å². The van der Waals surface area contributed by atoms with Crippen LogP contribution < -0.4 is 11.5 Å². The number of primary amides is 1. The number of fused-ring (bicyclic) bond motifs is 2. The molecule has 0 atom stereocenters. The third-order valence-corrected chi connectivity index (χ3v) is 3.59. The molecule has 104 valence electrons. The zero-order valence-corrected chi connectivity index (χ0v) is 11.1. The van der Waals surface area contributed by atoms with Gasteiger partial charge in [-0.3, -0.25) is 14.4 Å². The third-order valence-electron chi connectivity index (χ3n) is 3.59. The predicted octanol–water partition coefficient (Wildman–Crippen LogP) is 1.07. The smallest absolute Gasteiger partial charge is 0.221 e. The van der Waals surface area contributed by atoms with Crippen LogP contribution in [0.25, 0.3) is 0 Å². The van der Waals surface area contributed by atoms with Gasteiger partial charge in [0.25, 0.3) is 0 Å². The SMILES string of the molecule is NC(=O)Cc1ccc2c(c1N)C(=O)c1ccccc1C2=O. The molecule has 21 heavy (non-hydrogen) atoms. The second kappa shape index (κ2) is 4.56. The molecule has 0 radical (unpaired) electrons. The highest BCUT2D eigenvalue weighted by molar-refractivity contribution is 6.30. The first-order valence-corrected chi connectivity index (χ1v) is 6.38. The van der Waals surface area contributed by atoms with Crippen LogP contribution >= 0.6 is 0 Å². The summed E-state index contributed by atoms with van der Waals surface area (Å²) in [6.07, 6.45) is -0.0672. The van der Waals surface area contributed by atoms with Crippen LogP contribution in [0.3, 0.4) is 0 Å². The largest absolute Gasteiger partial charge is 0.398 e. The standard InChI is InChI=1S/C16H12N2O3/c17-12(19)7-8-5-6-11-13(14(8)18)16(21)10-4-2-1-3-9(10)15(11)20/h1-6H,7,18H2,(H2,17,19). The maximum absolute atomic E-state index is 12.6. The van der Waals surface area contributed by atoms with Crippen molar-refractivity contribution in [3.8, 4) is 0 Å². The lowest BCUT2D eigenvalue weighted by atomic mass is 9.82. The number of carbonyl (C=O) groups excluding carboxylic acids is 3. The number of rotatable bonds is 2. The van der Waals surface area contributed by atoms with Gasteiger partial charge in [0.05, 0.1) is 12.0 Å². The predicted molar refractivity (Wildman–Crippen MR) is 77.1 cm³/mol. The molecule has 0 heterocycles. The highest BCUT2D eigenvalue weighted by atomic mass is 16.1. The fourth-order valence-electron chi connectivity index (χ4n) is 2.60. The molecule has 0 aliphatic heterocycles. The summed E-state index contributed by atoms with van der Waals surface area (Å²) in [5.74, 6) is -1.09. The van der Waals surface area contributed by atoms with E-state index in [1.165, 1.54) is 6.07 Å². The fraction of sp³-hybridized carbons (Fsp3) is 0.0625. The van der Waals surface area contributed by atoms with Crippen molar-refractivity contribution < 1.29 is 14.4 Å². The van der Waals surface area contributed by atoms with Gasteiger partial charge < -0.3 is 11.5 Å². The van der Waals surface area contributed by atoms with E-state index in [1.54, 1.807) is 30.3 Å². The van der Waals surface area contributed by atoms with Gasteiger partial charge in [0.2, 0.25) is 5.91 Å². The summed E-state index contributed by atoms with van der Waals surface area (Å²) >= 11 is 0. The number of nitrogen functional groups attached to an aromatic ring is 1. The van der Waals surface area contributed by atoms with Gasteiger partial charge in [-0.15, -0.1) is 0 Å². The normalized spacial score (nSPS) is 12.8. The fourth-order valence-corrected chi connectivity index (χ4v) is 2.60. The summed E-state index contributed by atoms with van der Waals surface area (Å²) in [6, 6.07) is 9.71. The summed E-state index contributed by atoms with van der Waals surface area (Å²) in [6.45, 7) is 0. The van der Waals surface area contributed by atoms with Gasteiger partial charge in [-0.05, 0) is 11.6 Å². The van der Waals surface area contributed by atoms with E-state index in [-0.39, 0.29) is 34.8 Å². The van der Waals surface area contributed by atoms with Crippen molar-refractivity contribution >= 4 is 23.2 Å². The van der Waals surface area contributed by atoms with Gasteiger partial charge in [0, 0.05) is 22.4 Å². The first-order valence-electron chi connectivity index (χ1n) is 6.38. The Morgan fingerprint density at radius 1 is 0.905 bits per heavy atom.